The van der Waals surface area contributed by atoms with Gasteiger partial charge in [-0.15, -0.1) is 0 Å². The maximum atomic E-state index is 11.5. The highest BCUT2D eigenvalue weighted by Crippen LogP contribution is 2.38. The summed E-state index contributed by atoms with van der Waals surface area (Å²) in [5.41, 5.74) is 0.143. The summed E-state index contributed by atoms with van der Waals surface area (Å²) < 4.78 is 23.1. The van der Waals surface area contributed by atoms with E-state index in [0.29, 0.717) is 5.82 Å². The van der Waals surface area contributed by atoms with Gasteiger partial charge >= 0.3 is 5.97 Å². The largest absolute Gasteiger partial charge is 0.481 e. The molecule has 0 aliphatic heterocycles. The van der Waals surface area contributed by atoms with Crippen molar-refractivity contribution in [1.82, 2.24) is 9.97 Å². The Bertz CT molecular complexity index is 564. The van der Waals surface area contributed by atoms with Crippen molar-refractivity contribution in [2.75, 3.05) is 6.26 Å². The lowest BCUT2D eigenvalue weighted by atomic mass is 10.2. The second kappa shape index (κ2) is 4.06. The van der Waals surface area contributed by atoms with Crippen LogP contribution in [0.3, 0.4) is 0 Å². The van der Waals surface area contributed by atoms with E-state index in [9.17, 15) is 13.2 Å². The summed E-state index contributed by atoms with van der Waals surface area (Å²) in [5, 5.41) is 8.54. The van der Waals surface area contributed by atoms with Gasteiger partial charge < -0.3 is 5.11 Å². The van der Waals surface area contributed by atoms with E-state index in [1.165, 1.54) is 6.20 Å². The summed E-state index contributed by atoms with van der Waals surface area (Å²) in [6, 6.07) is 0. The number of carbonyl (C=O) groups is 1. The third kappa shape index (κ3) is 2.79. The molecule has 1 fully saturated rings. The zero-order valence-electron chi connectivity index (χ0n) is 9.25. The van der Waals surface area contributed by atoms with Gasteiger partial charge in [0.25, 0.3) is 0 Å². The van der Waals surface area contributed by atoms with Gasteiger partial charge in [-0.25, -0.2) is 18.4 Å². The van der Waals surface area contributed by atoms with Crippen LogP contribution >= 0.6 is 0 Å². The van der Waals surface area contributed by atoms with Crippen LogP contribution in [0.25, 0.3) is 0 Å². The lowest BCUT2D eigenvalue weighted by Gasteiger charge is -2.06. The molecule has 1 N–H and O–H groups in total. The van der Waals surface area contributed by atoms with Crippen LogP contribution < -0.4 is 0 Å². The van der Waals surface area contributed by atoms with E-state index < -0.39 is 15.8 Å². The minimum Gasteiger partial charge on any atom is -0.481 e. The molecule has 17 heavy (non-hydrogen) atoms. The SMILES string of the molecule is CS(=O)(=O)c1nc(C2CC2)ncc1CC(=O)O. The molecule has 0 amide bonds. The van der Waals surface area contributed by atoms with E-state index >= 15 is 0 Å². The average molecular weight is 256 g/mol. The highest BCUT2D eigenvalue weighted by atomic mass is 32.2. The number of aromatic nitrogens is 2. The number of hydrogen-bond acceptors (Lipinski definition) is 5. The molecular weight excluding hydrogens is 244 g/mol. The molecule has 7 heteroatoms. The standard InChI is InChI=1S/C10H12N2O4S/c1-17(15,16)10-7(4-8(13)14)5-11-9(12-10)6-2-3-6/h5-6H,2-4H2,1H3,(H,13,14). The Balaban J connectivity index is 2.47. The fraction of sp³-hybridized carbons (Fsp3) is 0.500. The summed E-state index contributed by atoms with van der Waals surface area (Å²) in [6.45, 7) is 0. The molecule has 1 heterocycles. The number of aliphatic carboxylic acids is 1. The van der Waals surface area contributed by atoms with Crippen molar-refractivity contribution in [1.29, 1.82) is 0 Å². The van der Waals surface area contributed by atoms with Crippen LogP contribution in [0.1, 0.15) is 30.1 Å². The molecule has 0 spiro atoms. The van der Waals surface area contributed by atoms with Crippen LogP contribution in [0.4, 0.5) is 0 Å². The summed E-state index contributed by atoms with van der Waals surface area (Å²) in [7, 11) is -3.52. The lowest BCUT2D eigenvalue weighted by molar-refractivity contribution is -0.136. The second-order valence-corrected chi connectivity index (χ2v) is 6.11. The molecule has 0 unspecified atom stereocenters. The average Bonchev–Trinajstić information content (AvgIpc) is 2.99. The van der Waals surface area contributed by atoms with Gasteiger partial charge in [-0.3, -0.25) is 4.79 Å². The molecule has 0 atom stereocenters. The monoisotopic (exact) mass is 256 g/mol. The zero-order chi connectivity index (χ0) is 12.6. The molecule has 6 nitrogen and oxygen atoms in total. The van der Waals surface area contributed by atoms with Crippen molar-refractivity contribution in [2.24, 2.45) is 0 Å². The first kappa shape index (κ1) is 12.0. The zero-order valence-corrected chi connectivity index (χ0v) is 10.1. The molecule has 92 valence electrons. The normalized spacial score (nSPS) is 15.8. The molecule has 2 rings (SSSR count). The number of sulfone groups is 1. The van der Waals surface area contributed by atoms with E-state index in [1.54, 1.807) is 0 Å². The summed E-state index contributed by atoms with van der Waals surface area (Å²) in [4.78, 5) is 18.7. The number of carboxylic acids is 1. The molecular formula is C10H12N2O4S. The lowest BCUT2D eigenvalue weighted by Crippen LogP contribution is -2.12. The highest BCUT2D eigenvalue weighted by molar-refractivity contribution is 7.90. The predicted molar refractivity (Wildman–Crippen MR) is 58.5 cm³/mol. The first-order valence-corrected chi connectivity index (χ1v) is 7.04. The van der Waals surface area contributed by atoms with Crippen molar-refractivity contribution in [3.8, 4) is 0 Å². The van der Waals surface area contributed by atoms with E-state index in [2.05, 4.69) is 9.97 Å². The molecule has 0 bridgehead atoms. The fourth-order valence-corrected chi connectivity index (χ4v) is 2.41. The van der Waals surface area contributed by atoms with Gasteiger partial charge in [0, 0.05) is 23.9 Å². The van der Waals surface area contributed by atoms with E-state index in [4.69, 9.17) is 5.11 Å². The van der Waals surface area contributed by atoms with Gasteiger partial charge in [-0.1, -0.05) is 0 Å². The topological polar surface area (TPSA) is 97.2 Å². The highest BCUT2D eigenvalue weighted by Gasteiger charge is 2.29. The van der Waals surface area contributed by atoms with Gasteiger partial charge in [-0.05, 0) is 12.8 Å². The van der Waals surface area contributed by atoms with Crippen LogP contribution in [0.5, 0.6) is 0 Å². The van der Waals surface area contributed by atoms with Crippen LogP contribution in [-0.4, -0.2) is 35.7 Å². The molecule has 1 aliphatic carbocycles. The molecule has 1 aromatic heterocycles. The third-order valence-electron chi connectivity index (χ3n) is 2.48. The molecule has 1 saturated carbocycles. The Labute approximate surface area is 98.6 Å². The Morgan fingerprint density at radius 3 is 2.65 bits per heavy atom. The molecule has 1 aromatic rings. The number of carboxylic acid groups (broad SMARTS) is 1. The molecule has 0 aromatic carbocycles. The van der Waals surface area contributed by atoms with E-state index in [-0.39, 0.29) is 22.9 Å². The molecule has 0 radical (unpaired) electrons. The van der Waals surface area contributed by atoms with Crippen molar-refractivity contribution in [3.05, 3.63) is 17.6 Å². The minimum absolute atomic E-state index is 0.143. The van der Waals surface area contributed by atoms with Crippen molar-refractivity contribution >= 4 is 15.8 Å². The third-order valence-corrected chi connectivity index (χ3v) is 3.53. The van der Waals surface area contributed by atoms with Gasteiger partial charge in [0.2, 0.25) is 0 Å². The maximum Gasteiger partial charge on any atom is 0.307 e. The minimum atomic E-state index is -3.52. The van der Waals surface area contributed by atoms with Gasteiger partial charge in [-0.2, -0.15) is 0 Å². The van der Waals surface area contributed by atoms with Crippen LogP contribution in [0.15, 0.2) is 11.2 Å². The van der Waals surface area contributed by atoms with Gasteiger partial charge in [0.05, 0.1) is 6.42 Å². The summed E-state index contributed by atoms with van der Waals surface area (Å²) in [5.74, 6) is -0.369. The Hall–Kier alpha value is -1.50. The quantitative estimate of drug-likeness (QED) is 0.782. The predicted octanol–water partition coefficient (Wildman–Crippen LogP) is 0.385. The molecule has 1 aliphatic rings. The summed E-state index contributed by atoms with van der Waals surface area (Å²) >= 11 is 0. The first-order valence-electron chi connectivity index (χ1n) is 5.15. The van der Waals surface area contributed by atoms with Crippen molar-refractivity contribution in [3.63, 3.8) is 0 Å². The Morgan fingerprint density at radius 1 is 1.53 bits per heavy atom. The number of nitrogens with zero attached hydrogens (tertiary/aromatic N) is 2. The van der Waals surface area contributed by atoms with Crippen molar-refractivity contribution in [2.45, 2.75) is 30.2 Å². The summed E-state index contributed by atoms with van der Waals surface area (Å²) in [6.07, 6.45) is 3.87. The van der Waals surface area contributed by atoms with Gasteiger partial charge in [0.1, 0.15) is 5.82 Å². The van der Waals surface area contributed by atoms with Crippen LogP contribution in [0, 0.1) is 0 Å². The smallest absolute Gasteiger partial charge is 0.307 e. The Kier molecular flexibility index (Phi) is 2.86. The van der Waals surface area contributed by atoms with Gasteiger partial charge in [0.15, 0.2) is 14.9 Å². The number of rotatable bonds is 4. The van der Waals surface area contributed by atoms with Crippen molar-refractivity contribution < 1.29 is 18.3 Å². The van der Waals surface area contributed by atoms with Crippen LogP contribution in [-0.2, 0) is 21.1 Å². The van der Waals surface area contributed by atoms with Crippen LogP contribution in [0.2, 0.25) is 0 Å². The maximum absolute atomic E-state index is 11.5. The first-order chi connectivity index (χ1) is 7.88. The fourth-order valence-electron chi connectivity index (χ4n) is 1.55. The Morgan fingerprint density at radius 2 is 2.18 bits per heavy atom. The van der Waals surface area contributed by atoms with E-state index in [1.807, 2.05) is 0 Å². The second-order valence-electron chi connectivity index (χ2n) is 4.18. The van der Waals surface area contributed by atoms with E-state index in [0.717, 1.165) is 19.1 Å². The molecule has 0 saturated heterocycles. The number of hydrogen-bond donors (Lipinski definition) is 1.